The zero-order chi connectivity index (χ0) is 10.7. The van der Waals surface area contributed by atoms with Gasteiger partial charge in [0.2, 0.25) is 0 Å². The average Bonchev–Trinajstić information content (AvgIpc) is 2.16. The Morgan fingerprint density at radius 3 is 2.71 bits per heavy atom. The lowest BCUT2D eigenvalue weighted by Gasteiger charge is -2.09. The molecular weight excluding hydrogens is 206 g/mol. The first-order valence-electron chi connectivity index (χ1n) is 3.67. The van der Waals surface area contributed by atoms with Crippen LogP contribution in [0, 0.1) is 11.3 Å². The molecule has 0 aliphatic rings. The summed E-state index contributed by atoms with van der Waals surface area (Å²) in [4.78, 5) is 10.5. The number of nitriles is 1. The number of hydrogen-bond donors (Lipinski definition) is 2. The first-order chi connectivity index (χ1) is 6.57. The highest BCUT2D eigenvalue weighted by Crippen LogP contribution is 2.26. The van der Waals surface area contributed by atoms with Gasteiger partial charge in [-0.15, -0.1) is 0 Å². The van der Waals surface area contributed by atoms with Gasteiger partial charge in [0.05, 0.1) is 11.6 Å². The van der Waals surface area contributed by atoms with Crippen LogP contribution in [0.2, 0.25) is 5.02 Å². The Labute approximate surface area is 85.0 Å². The largest absolute Gasteiger partial charge is 0.479 e. The molecule has 1 atom stereocenters. The Balaban J connectivity index is 3.32. The zero-order valence-electron chi connectivity index (χ0n) is 6.94. The van der Waals surface area contributed by atoms with E-state index in [9.17, 15) is 9.90 Å². The van der Waals surface area contributed by atoms with E-state index in [4.69, 9.17) is 22.0 Å². The van der Waals surface area contributed by atoms with Gasteiger partial charge in [-0.3, -0.25) is 0 Å². The fraction of sp³-hybridized carbons (Fsp3) is 0.111. The molecule has 1 aromatic rings. The fourth-order valence-electron chi connectivity index (χ4n) is 1.04. The minimum absolute atomic E-state index is 0.0624. The molecule has 0 radical (unpaired) electrons. The Morgan fingerprint density at radius 2 is 2.21 bits per heavy atom. The van der Waals surface area contributed by atoms with Gasteiger partial charge in [-0.05, 0) is 12.1 Å². The van der Waals surface area contributed by atoms with Gasteiger partial charge in [-0.1, -0.05) is 17.7 Å². The highest BCUT2D eigenvalue weighted by Gasteiger charge is 2.22. The van der Waals surface area contributed by atoms with Gasteiger partial charge < -0.3 is 10.2 Å². The summed E-state index contributed by atoms with van der Waals surface area (Å²) in [6, 6.07) is 6.09. The topological polar surface area (TPSA) is 81.3 Å². The van der Waals surface area contributed by atoms with Crippen molar-refractivity contribution in [1.29, 1.82) is 5.26 Å². The molecule has 0 aliphatic carbocycles. The first-order valence-corrected chi connectivity index (χ1v) is 4.05. The number of aliphatic carboxylic acids is 1. The summed E-state index contributed by atoms with van der Waals surface area (Å²) in [7, 11) is 0. The van der Waals surface area contributed by atoms with Crippen molar-refractivity contribution in [2.24, 2.45) is 0 Å². The monoisotopic (exact) mass is 211 g/mol. The van der Waals surface area contributed by atoms with Crippen LogP contribution in [0.15, 0.2) is 18.2 Å². The van der Waals surface area contributed by atoms with E-state index in [1.165, 1.54) is 18.2 Å². The predicted molar refractivity (Wildman–Crippen MR) is 48.8 cm³/mol. The maximum atomic E-state index is 10.5. The van der Waals surface area contributed by atoms with Gasteiger partial charge in [-0.25, -0.2) is 4.79 Å². The van der Waals surface area contributed by atoms with Crippen molar-refractivity contribution >= 4 is 17.6 Å². The Kier molecular flexibility index (Phi) is 3.07. The Hall–Kier alpha value is -1.57. The maximum Gasteiger partial charge on any atom is 0.337 e. The van der Waals surface area contributed by atoms with Gasteiger partial charge in [0, 0.05) is 10.6 Å². The molecule has 1 rings (SSSR count). The number of nitrogens with zero attached hydrogens (tertiary/aromatic N) is 1. The number of aliphatic hydroxyl groups excluding tert-OH is 1. The minimum Gasteiger partial charge on any atom is -0.479 e. The second kappa shape index (κ2) is 4.09. The van der Waals surface area contributed by atoms with Gasteiger partial charge in [-0.2, -0.15) is 5.26 Å². The van der Waals surface area contributed by atoms with Crippen LogP contribution in [0.3, 0.4) is 0 Å². The maximum absolute atomic E-state index is 10.5. The lowest BCUT2D eigenvalue weighted by atomic mass is 10.0. The minimum atomic E-state index is -1.77. The van der Waals surface area contributed by atoms with Crippen molar-refractivity contribution in [3.05, 3.63) is 34.3 Å². The van der Waals surface area contributed by atoms with Crippen LogP contribution >= 0.6 is 11.6 Å². The van der Waals surface area contributed by atoms with Gasteiger partial charge in [0.15, 0.2) is 6.10 Å². The van der Waals surface area contributed by atoms with Crippen molar-refractivity contribution in [1.82, 2.24) is 0 Å². The van der Waals surface area contributed by atoms with Crippen LogP contribution < -0.4 is 0 Å². The van der Waals surface area contributed by atoms with Crippen molar-refractivity contribution in [3.63, 3.8) is 0 Å². The normalized spacial score (nSPS) is 11.8. The van der Waals surface area contributed by atoms with E-state index in [0.29, 0.717) is 0 Å². The molecule has 0 amide bonds. The number of carboxylic acids is 1. The molecule has 0 bridgehead atoms. The van der Waals surface area contributed by atoms with Crippen LogP contribution in [-0.2, 0) is 4.79 Å². The summed E-state index contributed by atoms with van der Waals surface area (Å²) in [5.74, 6) is -1.44. The molecule has 0 heterocycles. The second-order valence-electron chi connectivity index (χ2n) is 2.55. The molecule has 2 N–H and O–H groups in total. The molecule has 5 heteroatoms. The molecular formula is C9H6ClNO3. The molecule has 4 nitrogen and oxygen atoms in total. The first kappa shape index (κ1) is 10.5. The highest BCUT2D eigenvalue weighted by atomic mass is 35.5. The summed E-state index contributed by atoms with van der Waals surface area (Å²) < 4.78 is 0. The summed E-state index contributed by atoms with van der Waals surface area (Å²) in [6.07, 6.45) is -1.77. The van der Waals surface area contributed by atoms with E-state index in [-0.39, 0.29) is 16.1 Å². The van der Waals surface area contributed by atoms with Gasteiger partial charge in [0.25, 0.3) is 0 Å². The lowest BCUT2D eigenvalue weighted by Crippen LogP contribution is -2.12. The molecule has 0 aliphatic heterocycles. The number of halogens is 1. The smallest absolute Gasteiger partial charge is 0.337 e. The number of rotatable bonds is 2. The number of aliphatic hydroxyl groups is 1. The van der Waals surface area contributed by atoms with E-state index in [1.807, 2.05) is 0 Å². The average molecular weight is 212 g/mol. The van der Waals surface area contributed by atoms with Crippen LogP contribution in [0.5, 0.6) is 0 Å². The fourth-order valence-corrected chi connectivity index (χ4v) is 1.31. The summed E-state index contributed by atoms with van der Waals surface area (Å²) in [6.45, 7) is 0. The van der Waals surface area contributed by atoms with E-state index >= 15 is 0 Å². The molecule has 0 spiro atoms. The van der Waals surface area contributed by atoms with Crippen molar-refractivity contribution in [2.75, 3.05) is 0 Å². The molecule has 14 heavy (non-hydrogen) atoms. The third-order valence-electron chi connectivity index (χ3n) is 1.68. The third kappa shape index (κ3) is 1.84. The van der Waals surface area contributed by atoms with Gasteiger partial charge in [0.1, 0.15) is 0 Å². The van der Waals surface area contributed by atoms with Gasteiger partial charge >= 0.3 is 5.97 Å². The number of carboxylic acid groups (broad SMARTS) is 1. The van der Waals surface area contributed by atoms with E-state index < -0.39 is 12.1 Å². The molecule has 72 valence electrons. The highest BCUT2D eigenvalue weighted by molar-refractivity contribution is 6.31. The number of benzene rings is 1. The SMILES string of the molecule is N#Cc1cccc(Cl)c1C(O)C(=O)O. The van der Waals surface area contributed by atoms with Crippen LogP contribution in [0.1, 0.15) is 17.2 Å². The lowest BCUT2D eigenvalue weighted by molar-refractivity contribution is -0.146. The molecule has 1 unspecified atom stereocenters. The third-order valence-corrected chi connectivity index (χ3v) is 2.01. The summed E-state index contributed by atoms with van der Waals surface area (Å²) in [5.41, 5.74) is -0.00318. The molecule has 0 saturated heterocycles. The number of hydrogen-bond acceptors (Lipinski definition) is 3. The molecule has 0 aromatic heterocycles. The Bertz CT molecular complexity index is 411. The van der Waals surface area contributed by atoms with Crippen LogP contribution in [-0.4, -0.2) is 16.2 Å². The van der Waals surface area contributed by atoms with E-state index in [0.717, 1.165) is 0 Å². The summed E-state index contributed by atoms with van der Waals surface area (Å²) >= 11 is 5.67. The molecule has 0 fully saturated rings. The molecule has 0 saturated carbocycles. The predicted octanol–water partition coefficient (Wildman–Crippen LogP) is 1.33. The molecule has 1 aromatic carbocycles. The second-order valence-corrected chi connectivity index (χ2v) is 2.96. The van der Waals surface area contributed by atoms with Crippen molar-refractivity contribution < 1.29 is 15.0 Å². The Morgan fingerprint density at radius 1 is 1.57 bits per heavy atom. The quantitative estimate of drug-likeness (QED) is 0.773. The van der Waals surface area contributed by atoms with Crippen molar-refractivity contribution in [3.8, 4) is 6.07 Å². The van der Waals surface area contributed by atoms with Crippen LogP contribution in [0.4, 0.5) is 0 Å². The van der Waals surface area contributed by atoms with E-state index in [1.54, 1.807) is 6.07 Å². The van der Waals surface area contributed by atoms with Crippen LogP contribution in [0.25, 0.3) is 0 Å². The van der Waals surface area contributed by atoms with E-state index in [2.05, 4.69) is 0 Å². The number of carbonyl (C=O) groups is 1. The summed E-state index contributed by atoms with van der Waals surface area (Å²) in [5, 5.41) is 26.5. The standard InChI is InChI=1S/C9H6ClNO3/c10-6-3-1-2-5(4-11)7(6)8(12)9(13)14/h1-3,8,12H,(H,13,14). The van der Waals surface area contributed by atoms with Crippen molar-refractivity contribution in [2.45, 2.75) is 6.10 Å². The zero-order valence-corrected chi connectivity index (χ0v) is 7.69.